The number of methoxy groups -OCH3 is 1. The number of hydrogen-bond acceptors (Lipinski definition) is 5. The normalized spacial score (nSPS) is 21.2. The third kappa shape index (κ3) is 3.95. The highest BCUT2D eigenvalue weighted by molar-refractivity contribution is 5.91. The molecule has 0 amide bonds. The van der Waals surface area contributed by atoms with Gasteiger partial charge in [0.25, 0.3) is 5.69 Å². The molecule has 0 saturated heterocycles. The van der Waals surface area contributed by atoms with E-state index < -0.39 is 34.7 Å². The number of esters is 1. The number of nitrogens with one attached hydrogen (secondary N) is 1. The van der Waals surface area contributed by atoms with Gasteiger partial charge in [0.15, 0.2) is 0 Å². The van der Waals surface area contributed by atoms with E-state index in [1.807, 2.05) is 0 Å². The maximum atomic E-state index is 13.1. The average Bonchev–Trinajstić information content (AvgIpc) is 2.53. The number of anilines is 1. The van der Waals surface area contributed by atoms with Crippen molar-refractivity contribution in [3.8, 4) is 0 Å². The molecule has 0 aliphatic heterocycles. The van der Waals surface area contributed by atoms with Gasteiger partial charge in [-0.3, -0.25) is 10.1 Å². The Hall–Kier alpha value is -2.32. The minimum atomic E-state index is -4.36. The number of nitro groups is 1. The molecular formula is C15H17F3N2O4. The Labute approximate surface area is 136 Å². The van der Waals surface area contributed by atoms with Crippen LogP contribution in [0.3, 0.4) is 0 Å². The van der Waals surface area contributed by atoms with Crippen molar-refractivity contribution in [1.29, 1.82) is 0 Å². The molecular weight excluding hydrogens is 329 g/mol. The number of halogens is 3. The van der Waals surface area contributed by atoms with E-state index in [0.29, 0.717) is 12.8 Å². The van der Waals surface area contributed by atoms with E-state index in [1.54, 1.807) is 0 Å². The van der Waals surface area contributed by atoms with Gasteiger partial charge in [-0.05, 0) is 25.0 Å². The lowest BCUT2D eigenvalue weighted by Crippen LogP contribution is -2.41. The maximum absolute atomic E-state index is 13.1. The van der Waals surface area contributed by atoms with Crippen LogP contribution >= 0.6 is 0 Å². The summed E-state index contributed by atoms with van der Waals surface area (Å²) in [6.07, 6.45) is -2.99. The van der Waals surface area contributed by atoms with Crippen LogP contribution in [0.4, 0.5) is 24.5 Å². The lowest BCUT2D eigenvalue weighted by molar-refractivity contribution is -0.384. The predicted molar refractivity (Wildman–Crippen MR) is 79.9 cm³/mol. The van der Waals surface area contributed by atoms with E-state index in [-0.39, 0.29) is 24.1 Å². The van der Waals surface area contributed by atoms with Gasteiger partial charge in [-0.2, -0.15) is 13.2 Å². The molecule has 1 fully saturated rings. The summed E-state index contributed by atoms with van der Waals surface area (Å²) in [6, 6.07) is 2.60. The van der Waals surface area contributed by atoms with Crippen LogP contribution in [0.1, 0.15) is 36.0 Å². The van der Waals surface area contributed by atoms with Crippen LogP contribution in [0, 0.1) is 16.0 Å². The standard InChI is InChI=1S/C15H17F3N2O4/c1-24-14(21)9-6-7-12(13(8-9)20(22)23)19-11-5-3-2-4-10(11)15(16,17)18/h6-8,10-11,19H,2-5H2,1H3. The van der Waals surface area contributed by atoms with E-state index in [1.165, 1.54) is 12.1 Å². The van der Waals surface area contributed by atoms with Crippen LogP contribution in [0.25, 0.3) is 0 Å². The molecule has 1 N–H and O–H groups in total. The number of nitrogens with zero attached hydrogens (tertiary/aromatic N) is 1. The molecule has 1 aliphatic carbocycles. The van der Waals surface area contributed by atoms with Crippen LogP contribution in [0.2, 0.25) is 0 Å². The molecule has 0 aromatic heterocycles. The molecule has 132 valence electrons. The van der Waals surface area contributed by atoms with E-state index >= 15 is 0 Å². The Morgan fingerprint density at radius 2 is 2.00 bits per heavy atom. The van der Waals surface area contributed by atoms with Crippen LogP contribution in [-0.2, 0) is 4.74 Å². The van der Waals surface area contributed by atoms with Crippen molar-refractivity contribution < 1.29 is 27.6 Å². The lowest BCUT2D eigenvalue weighted by atomic mass is 9.84. The molecule has 6 nitrogen and oxygen atoms in total. The van der Waals surface area contributed by atoms with Gasteiger partial charge in [0.05, 0.1) is 23.5 Å². The molecule has 2 atom stereocenters. The molecule has 0 heterocycles. The fourth-order valence-corrected chi connectivity index (χ4v) is 2.94. The van der Waals surface area contributed by atoms with Crippen molar-refractivity contribution in [3.05, 3.63) is 33.9 Å². The Morgan fingerprint density at radius 1 is 1.33 bits per heavy atom. The summed E-state index contributed by atoms with van der Waals surface area (Å²) in [4.78, 5) is 21.9. The average molecular weight is 346 g/mol. The third-order valence-corrected chi connectivity index (χ3v) is 4.14. The van der Waals surface area contributed by atoms with E-state index in [4.69, 9.17) is 0 Å². The maximum Gasteiger partial charge on any atom is 0.393 e. The van der Waals surface area contributed by atoms with Gasteiger partial charge in [0.1, 0.15) is 5.69 Å². The quantitative estimate of drug-likeness (QED) is 0.508. The second-order valence-electron chi connectivity index (χ2n) is 5.66. The summed E-state index contributed by atoms with van der Waals surface area (Å²) in [6.45, 7) is 0. The van der Waals surface area contributed by atoms with Crippen molar-refractivity contribution in [2.75, 3.05) is 12.4 Å². The highest BCUT2D eigenvalue weighted by atomic mass is 19.4. The molecule has 1 aliphatic rings. The number of carbonyl (C=O) groups is 1. The minimum Gasteiger partial charge on any atom is -0.465 e. The van der Waals surface area contributed by atoms with Gasteiger partial charge in [-0.1, -0.05) is 12.8 Å². The monoisotopic (exact) mass is 346 g/mol. The molecule has 24 heavy (non-hydrogen) atoms. The zero-order chi connectivity index (χ0) is 17.9. The molecule has 0 spiro atoms. The molecule has 1 aromatic rings. The molecule has 2 rings (SSSR count). The Bertz CT molecular complexity index is 634. The number of carbonyl (C=O) groups excluding carboxylic acids is 1. The van der Waals surface area contributed by atoms with Crippen molar-refractivity contribution in [1.82, 2.24) is 0 Å². The van der Waals surface area contributed by atoms with Crippen LogP contribution < -0.4 is 5.32 Å². The van der Waals surface area contributed by atoms with E-state index in [2.05, 4.69) is 10.1 Å². The first-order valence-electron chi connectivity index (χ1n) is 7.44. The lowest BCUT2D eigenvalue weighted by Gasteiger charge is -2.34. The van der Waals surface area contributed by atoms with Gasteiger partial charge in [0.2, 0.25) is 0 Å². The van der Waals surface area contributed by atoms with Crippen molar-refractivity contribution in [3.63, 3.8) is 0 Å². The zero-order valence-electron chi connectivity index (χ0n) is 12.9. The molecule has 1 saturated carbocycles. The van der Waals surface area contributed by atoms with Crippen LogP contribution in [-0.4, -0.2) is 30.2 Å². The first-order chi connectivity index (χ1) is 11.2. The Kier molecular flexibility index (Phi) is 5.30. The Balaban J connectivity index is 2.30. The molecule has 2 unspecified atom stereocenters. The van der Waals surface area contributed by atoms with Crippen molar-refractivity contribution >= 4 is 17.3 Å². The summed E-state index contributed by atoms with van der Waals surface area (Å²) < 4.78 is 43.9. The van der Waals surface area contributed by atoms with E-state index in [9.17, 15) is 28.1 Å². The summed E-state index contributed by atoms with van der Waals surface area (Å²) >= 11 is 0. The second-order valence-corrected chi connectivity index (χ2v) is 5.66. The molecule has 0 bridgehead atoms. The van der Waals surface area contributed by atoms with Gasteiger partial charge < -0.3 is 10.1 Å². The largest absolute Gasteiger partial charge is 0.465 e. The van der Waals surface area contributed by atoms with Gasteiger partial charge in [-0.15, -0.1) is 0 Å². The highest BCUT2D eigenvalue weighted by Gasteiger charge is 2.45. The molecule has 0 radical (unpaired) electrons. The number of nitro benzene ring substituents is 1. The topological polar surface area (TPSA) is 81.5 Å². The number of hydrogen-bond donors (Lipinski definition) is 1. The number of benzene rings is 1. The summed E-state index contributed by atoms with van der Waals surface area (Å²) in [7, 11) is 1.14. The van der Waals surface area contributed by atoms with Gasteiger partial charge >= 0.3 is 12.1 Å². The number of ether oxygens (including phenoxy) is 1. The van der Waals surface area contributed by atoms with Gasteiger partial charge in [0, 0.05) is 12.1 Å². The highest BCUT2D eigenvalue weighted by Crippen LogP contribution is 2.40. The van der Waals surface area contributed by atoms with E-state index in [0.717, 1.165) is 13.2 Å². The zero-order valence-corrected chi connectivity index (χ0v) is 12.9. The molecule has 1 aromatic carbocycles. The minimum absolute atomic E-state index is 0.00475. The first-order valence-corrected chi connectivity index (χ1v) is 7.44. The number of alkyl halides is 3. The summed E-state index contributed by atoms with van der Waals surface area (Å²) in [5, 5.41) is 13.9. The van der Waals surface area contributed by atoms with Crippen LogP contribution in [0.5, 0.6) is 0 Å². The SMILES string of the molecule is COC(=O)c1ccc(NC2CCCCC2C(F)(F)F)c([N+](=O)[O-])c1. The predicted octanol–water partition coefficient (Wildman–Crippen LogP) is 3.91. The Morgan fingerprint density at radius 3 is 2.58 bits per heavy atom. The van der Waals surface area contributed by atoms with Crippen molar-refractivity contribution in [2.45, 2.75) is 37.9 Å². The smallest absolute Gasteiger partial charge is 0.393 e. The van der Waals surface area contributed by atoms with Crippen molar-refractivity contribution in [2.24, 2.45) is 5.92 Å². The number of rotatable bonds is 4. The fourth-order valence-electron chi connectivity index (χ4n) is 2.94. The third-order valence-electron chi connectivity index (χ3n) is 4.14. The fraction of sp³-hybridized carbons (Fsp3) is 0.533. The van der Waals surface area contributed by atoms with Gasteiger partial charge in [-0.25, -0.2) is 4.79 Å². The van der Waals surface area contributed by atoms with Crippen LogP contribution in [0.15, 0.2) is 18.2 Å². The summed E-state index contributed by atoms with van der Waals surface area (Å²) in [5.41, 5.74) is -0.524. The second kappa shape index (κ2) is 7.06. The first kappa shape index (κ1) is 18.0. The molecule has 9 heteroatoms. The summed E-state index contributed by atoms with van der Waals surface area (Å²) in [5.74, 6) is -2.30.